The second-order valence-corrected chi connectivity index (χ2v) is 7.20. The second kappa shape index (κ2) is 9.19. The topological polar surface area (TPSA) is 43.4 Å². The third-order valence-electron chi connectivity index (χ3n) is 4.21. The van der Waals surface area contributed by atoms with Gasteiger partial charge in [-0.15, -0.1) is 0 Å². The predicted molar refractivity (Wildman–Crippen MR) is 109 cm³/mol. The van der Waals surface area contributed by atoms with Gasteiger partial charge in [-0.1, -0.05) is 84.6 Å². The van der Waals surface area contributed by atoms with E-state index in [9.17, 15) is 9.59 Å². The van der Waals surface area contributed by atoms with Gasteiger partial charge in [-0.25, -0.2) is 0 Å². The van der Waals surface area contributed by atoms with E-state index < -0.39 is 0 Å². The summed E-state index contributed by atoms with van der Waals surface area (Å²) in [5, 5.41) is -0.311. The molecule has 0 heterocycles. The average molecular weight is 376 g/mol. The van der Waals surface area contributed by atoms with Crippen molar-refractivity contribution in [3.05, 3.63) is 102 Å². The number of carbonyl (C=O) groups is 2. The number of ketones is 1. The first-order chi connectivity index (χ1) is 13.2. The van der Waals surface area contributed by atoms with E-state index in [4.69, 9.17) is 4.74 Å². The Morgan fingerprint density at radius 3 is 1.93 bits per heavy atom. The lowest BCUT2D eigenvalue weighted by atomic mass is 10.0. The van der Waals surface area contributed by atoms with Gasteiger partial charge in [0, 0.05) is 22.8 Å². The van der Waals surface area contributed by atoms with E-state index in [-0.39, 0.29) is 22.6 Å². The molecule has 136 valence electrons. The van der Waals surface area contributed by atoms with Crippen LogP contribution >= 0.6 is 11.8 Å². The Bertz CT molecular complexity index is 836. The van der Waals surface area contributed by atoms with Crippen LogP contribution in [0.2, 0.25) is 0 Å². The number of carbonyl (C=O) groups excluding carboxylic acids is 2. The summed E-state index contributed by atoms with van der Waals surface area (Å²) in [6.07, 6.45) is 0.250. The Hall–Kier alpha value is -2.85. The van der Waals surface area contributed by atoms with E-state index in [1.165, 1.54) is 11.8 Å². The number of benzene rings is 3. The molecule has 27 heavy (non-hydrogen) atoms. The lowest BCUT2D eigenvalue weighted by molar-refractivity contribution is 0.0982. The van der Waals surface area contributed by atoms with Crippen LogP contribution in [-0.4, -0.2) is 18.0 Å². The standard InChI is InChI=1S/C23H20O3S/c1-26-20-14-12-18(13-15-20)22(16-21(24)17-8-4-2-5-9-17)27-23(25)19-10-6-3-7-11-19/h2-15,22H,16H2,1H3/t22-/m0/s1. The van der Waals surface area contributed by atoms with Gasteiger partial charge in [0.05, 0.1) is 7.11 Å². The molecule has 3 nitrogen and oxygen atoms in total. The Morgan fingerprint density at radius 2 is 1.37 bits per heavy atom. The minimum absolute atomic E-state index is 0.0183. The molecule has 0 fully saturated rings. The number of methoxy groups -OCH3 is 1. The molecular formula is C23H20O3S. The number of rotatable bonds is 7. The van der Waals surface area contributed by atoms with Crippen LogP contribution in [0.5, 0.6) is 5.75 Å². The summed E-state index contributed by atoms with van der Waals surface area (Å²) in [6.45, 7) is 0. The Balaban J connectivity index is 1.83. The molecule has 3 aromatic carbocycles. The summed E-state index contributed by atoms with van der Waals surface area (Å²) in [5.74, 6) is 0.760. The molecule has 0 unspecified atom stereocenters. The SMILES string of the molecule is COc1ccc([C@H](CC(=O)c2ccccc2)SC(=O)c2ccccc2)cc1. The molecule has 0 saturated carbocycles. The summed E-state index contributed by atoms with van der Waals surface area (Å²) in [4.78, 5) is 25.4. The molecule has 0 bridgehead atoms. The van der Waals surface area contributed by atoms with E-state index in [0.29, 0.717) is 11.1 Å². The molecule has 4 heteroatoms. The minimum Gasteiger partial charge on any atom is -0.497 e. The van der Waals surface area contributed by atoms with Crippen LogP contribution in [0, 0.1) is 0 Å². The van der Waals surface area contributed by atoms with Gasteiger partial charge in [0.2, 0.25) is 5.12 Å². The Labute approximate surface area is 163 Å². The van der Waals surface area contributed by atoms with Crippen molar-refractivity contribution >= 4 is 22.7 Å². The van der Waals surface area contributed by atoms with Gasteiger partial charge in [0.1, 0.15) is 5.75 Å². The van der Waals surface area contributed by atoms with E-state index >= 15 is 0 Å². The first-order valence-electron chi connectivity index (χ1n) is 8.65. The van der Waals surface area contributed by atoms with Crippen LogP contribution in [0.15, 0.2) is 84.9 Å². The molecule has 0 amide bonds. The van der Waals surface area contributed by atoms with Crippen molar-refractivity contribution in [2.24, 2.45) is 0 Å². The summed E-state index contributed by atoms with van der Waals surface area (Å²) < 4.78 is 5.21. The van der Waals surface area contributed by atoms with E-state index in [1.54, 1.807) is 31.4 Å². The predicted octanol–water partition coefficient (Wildman–Crippen LogP) is 5.58. The quantitative estimate of drug-likeness (QED) is 0.505. The van der Waals surface area contributed by atoms with Crippen LogP contribution in [0.4, 0.5) is 0 Å². The second-order valence-electron chi connectivity index (χ2n) is 6.03. The highest BCUT2D eigenvalue weighted by molar-refractivity contribution is 8.14. The van der Waals surface area contributed by atoms with Crippen molar-refractivity contribution in [3.63, 3.8) is 0 Å². The third-order valence-corrected chi connectivity index (χ3v) is 5.39. The molecule has 0 spiro atoms. The minimum atomic E-state index is -0.267. The maximum atomic E-state index is 12.7. The lowest BCUT2D eigenvalue weighted by Crippen LogP contribution is -2.08. The molecule has 0 saturated heterocycles. The molecular weight excluding hydrogens is 356 g/mol. The smallest absolute Gasteiger partial charge is 0.219 e. The maximum absolute atomic E-state index is 12.7. The molecule has 0 N–H and O–H groups in total. The highest BCUT2D eigenvalue weighted by Crippen LogP contribution is 2.36. The number of Topliss-reactive ketones (excluding diaryl/α,β-unsaturated/α-hetero) is 1. The van der Waals surface area contributed by atoms with Gasteiger partial charge in [-0.05, 0) is 17.7 Å². The van der Waals surface area contributed by atoms with Gasteiger partial charge in [-0.2, -0.15) is 0 Å². The molecule has 0 aromatic heterocycles. The number of ether oxygens (including phenoxy) is 1. The van der Waals surface area contributed by atoms with E-state index in [0.717, 1.165) is 11.3 Å². The average Bonchev–Trinajstić information content (AvgIpc) is 2.74. The fraction of sp³-hybridized carbons (Fsp3) is 0.130. The van der Waals surface area contributed by atoms with Gasteiger partial charge in [0.15, 0.2) is 5.78 Å². The zero-order valence-corrected chi connectivity index (χ0v) is 15.8. The molecule has 0 aliphatic rings. The molecule has 0 aliphatic carbocycles. The zero-order chi connectivity index (χ0) is 19.1. The summed E-state index contributed by atoms with van der Waals surface area (Å²) >= 11 is 1.19. The van der Waals surface area contributed by atoms with E-state index in [2.05, 4.69) is 0 Å². The van der Waals surface area contributed by atoms with Crippen LogP contribution < -0.4 is 4.74 Å². The van der Waals surface area contributed by atoms with Crippen LogP contribution in [0.3, 0.4) is 0 Å². The number of hydrogen-bond acceptors (Lipinski definition) is 4. The lowest BCUT2D eigenvalue weighted by Gasteiger charge is -2.16. The first-order valence-corrected chi connectivity index (χ1v) is 9.53. The molecule has 3 rings (SSSR count). The van der Waals surface area contributed by atoms with Crippen LogP contribution in [0.25, 0.3) is 0 Å². The zero-order valence-electron chi connectivity index (χ0n) is 15.0. The summed E-state index contributed by atoms with van der Waals surface area (Å²) in [5.41, 5.74) is 2.21. The van der Waals surface area contributed by atoms with E-state index in [1.807, 2.05) is 60.7 Å². The van der Waals surface area contributed by atoms with Crippen molar-refractivity contribution in [2.45, 2.75) is 11.7 Å². The monoisotopic (exact) mass is 376 g/mol. The van der Waals surface area contributed by atoms with Crippen LogP contribution in [-0.2, 0) is 0 Å². The van der Waals surface area contributed by atoms with Crippen molar-refractivity contribution in [1.82, 2.24) is 0 Å². The van der Waals surface area contributed by atoms with Crippen molar-refractivity contribution in [2.75, 3.05) is 7.11 Å². The highest BCUT2D eigenvalue weighted by atomic mass is 32.2. The third kappa shape index (κ3) is 5.08. The van der Waals surface area contributed by atoms with Gasteiger partial charge in [0.25, 0.3) is 0 Å². The molecule has 3 aromatic rings. The Morgan fingerprint density at radius 1 is 0.815 bits per heavy atom. The summed E-state index contributed by atoms with van der Waals surface area (Å²) in [7, 11) is 1.61. The van der Waals surface area contributed by atoms with Gasteiger partial charge in [-0.3, -0.25) is 9.59 Å². The fourth-order valence-electron chi connectivity index (χ4n) is 2.73. The van der Waals surface area contributed by atoms with Gasteiger partial charge >= 0.3 is 0 Å². The van der Waals surface area contributed by atoms with Crippen molar-refractivity contribution in [1.29, 1.82) is 0 Å². The molecule has 0 radical (unpaired) electrons. The van der Waals surface area contributed by atoms with Gasteiger partial charge < -0.3 is 4.74 Å². The fourth-order valence-corrected chi connectivity index (χ4v) is 3.79. The normalized spacial score (nSPS) is 11.6. The maximum Gasteiger partial charge on any atom is 0.219 e. The number of thioether (sulfide) groups is 1. The first kappa shape index (κ1) is 18.9. The van der Waals surface area contributed by atoms with Crippen molar-refractivity contribution < 1.29 is 14.3 Å². The molecule has 0 aliphatic heterocycles. The van der Waals surface area contributed by atoms with Crippen LogP contribution in [0.1, 0.15) is 38.0 Å². The number of hydrogen-bond donors (Lipinski definition) is 0. The van der Waals surface area contributed by atoms with Crippen molar-refractivity contribution in [3.8, 4) is 5.75 Å². The molecule has 1 atom stereocenters. The largest absolute Gasteiger partial charge is 0.497 e. The highest BCUT2D eigenvalue weighted by Gasteiger charge is 2.22. The Kier molecular flexibility index (Phi) is 6.44. The summed E-state index contributed by atoms with van der Waals surface area (Å²) in [6, 6.07) is 25.8.